The first-order chi connectivity index (χ1) is 14.9. The van der Waals surface area contributed by atoms with Crippen LogP contribution < -0.4 is 15.8 Å². The zero-order valence-electron chi connectivity index (χ0n) is 16.8. The normalized spacial score (nSPS) is 23.1. The number of alkyl halides is 3. The summed E-state index contributed by atoms with van der Waals surface area (Å²) in [5.74, 6) is -4.65. The molecule has 0 aliphatic carbocycles. The molecular weight excluding hydrogens is 473 g/mol. The summed E-state index contributed by atoms with van der Waals surface area (Å²) >= 11 is 5.98. The predicted octanol–water partition coefficient (Wildman–Crippen LogP) is 4.82. The lowest BCUT2D eigenvalue weighted by Crippen LogP contribution is -2.37. The van der Waals surface area contributed by atoms with E-state index in [4.69, 9.17) is 22.7 Å². The molecule has 1 aromatic carbocycles. The summed E-state index contributed by atoms with van der Waals surface area (Å²) in [5.41, 5.74) is 5.52. The van der Waals surface area contributed by atoms with Crippen molar-refractivity contribution in [3.05, 3.63) is 53.4 Å². The van der Waals surface area contributed by atoms with Gasteiger partial charge in [-0.3, -0.25) is 9.78 Å². The number of thioether (sulfide) groups is 1. The van der Waals surface area contributed by atoms with Crippen molar-refractivity contribution in [3.63, 3.8) is 0 Å². The second kappa shape index (κ2) is 8.81. The van der Waals surface area contributed by atoms with Gasteiger partial charge in [-0.25, -0.2) is 4.39 Å². The van der Waals surface area contributed by atoms with Gasteiger partial charge in [0.1, 0.15) is 10.4 Å². The molecule has 3 N–H and O–H groups in total. The number of halogens is 5. The van der Waals surface area contributed by atoms with Crippen molar-refractivity contribution in [3.8, 4) is 5.75 Å². The number of nitrogens with two attached hydrogens (primary N) is 1. The highest BCUT2D eigenvalue weighted by Gasteiger charge is 2.60. The predicted molar refractivity (Wildman–Crippen MR) is 115 cm³/mol. The van der Waals surface area contributed by atoms with E-state index in [1.165, 1.54) is 24.4 Å². The van der Waals surface area contributed by atoms with E-state index in [1.54, 1.807) is 0 Å². The van der Waals surface area contributed by atoms with E-state index >= 15 is 0 Å². The van der Waals surface area contributed by atoms with Gasteiger partial charge in [0, 0.05) is 23.4 Å². The van der Waals surface area contributed by atoms with Crippen molar-refractivity contribution < 1.29 is 31.5 Å². The number of anilines is 1. The molecule has 2 aromatic rings. The molecule has 0 bridgehead atoms. The number of methoxy groups -OCH3 is 1. The topological polar surface area (TPSA) is 77.2 Å². The number of hydrogen-bond acceptors (Lipinski definition) is 5. The Morgan fingerprint density at radius 3 is 2.62 bits per heavy atom. The number of thiocarbonyl (C=S) groups is 1. The van der Waals surface area contributed by atoms with Gasteiger partial charge in [-0.05, 0) is 31.5 Å². The number of ether oxygens (including phenoxy) is 1. The molecule has 1 amide bonds. The van der Waals surface area contributed by atoms with Gasteiger partial charge in [0.05, 0.1) is 17.3 Å². The number of benzene rings is 1. The molecule has 5 nitrogen and oxygen atoms in total. The second-order valence-electron chi connectivity index (χ2n) is 7.34. The van der Waals surface area contributed by atoms with Gasteiger partial charge in [-0.1, -0.05) is 18.3 Å². The Balaban J connectivity index is 2.01. The van der Waals surface area contributed by atoms with Gasteiger partial charge >= 0.3 is 6.18 Å². The van der Waals surface area contributed by atoms with Crippen LogP contribution in [-0.4, -0.2) is 39.2 Å². The highest BCUT2D eigenvalue weighted by Crippen LogP contribution is 2.59. The Labute approximate surface area is 189 Å². The molecule has 0 unspecified atom stereocenters. The van der Waals surface area contributed by atoms with Crippen LogP contribution >= 0.6 is 24.0 Å². The van der Waals surface area contributed by atoms with Gasteiger partial charge in [0.2, 0.25) is 5.82 Å². The summed E-state index contributed by atoms with van der Waals surface area (Å²) < 4.78 is 72.4. The lowest BCUT2D eigenvalue weighted by Gasteiger charge is -2.26. The van der Waals surface area contributed by atoms with Crippen molar-refractivity contribution in [1.82, 2.24) is 4.98 Å². The maximum absolute atomic E-state index is 14.3. The molecule has 0 radical (unpaired) electrons. The number of carbonyl (C=O) groups excluding carboxylic acids is 1. The highest BCUT2D eigenvalue weighted by atomic mass is 32.2. The largest absolute Gasteiger partial charge is 0.493 e. The maximum Gasteiger partial charge on any atom is 0.403 e. The number of primary amides is 1. The Morgan fingerprint density at radius 1 is 1.34 bits per heavy atom. The number of nitrogens with one attached hydrogen (secondary N) is 1. The lowest BCUT2D eigenvalue weighted by atomic mass is 9.86. The molecule has 0 saturated carbocycles. The summed E-state index contributed by atoms with van der Waals surface area (Å²) in [5, 5.41) is 1.86. The van der Waals surface area contributed by atoms with Crippen LogP contribution in [0.2, 0.25) is 0 Å². The Kier molecular flexibility index (Phi) is 6.66. The third-order valence-corrected chi connectivity index (χ3v) is 7.43. The molecule has 1 fully saturated rings. The highest BCUT2D eigenvalue weighted by molar-refractivity contribution is 8.03. The fourth-order valence-corrected chi connectivity index (χ4v) is 5.50. The second-order valence-corrected chi connectivity index (χ2v) is 9.43. The van der Waals surface area contributed by atoms with Crippen LogP contribution in [-0.2, 0) is 0 Å². The van der Waals surface area contributed by atoms with E-state index in [0.717, 1.165) is 20.1 Å². The minimum absolute atomic E-state index is 0.0152. The number of carbonyl (C=O) groups is 1. The van der Waals surface area contributed by atoms with E-state index in [9.17, 15) is 26.7 Å². The molecule has 1 aromatic heterocycles. The Hall–Kier alpha value is -2.47. The standard InChI is InChI=1S/C20H18F5N3O2S2/c1-19(20(23,24)25)8-11(10-3-4-12(21)14(22)15(10)30-2)16(32-19)18(31)28-9-5-6-27-13(7-9)17(26)29/h3-7,11,16H,8H2,1-2H3,(H2,26,29)(H,27,28,31)/t11-,16+,19+/m0/s1. The zero-order valence-corrected chi connectivity index (χ0v) is 18.4. The minimum atomic E-state index is -4.58. The first kappa shape index (κ1) is 24.2. The number of pyridine rings is 1. The van der Waals surface area contributed by atoms with Gasteiger partial charge in [-0.15, -0.1) is 11.8 Å². The fraction of sp³-hybridized carbons (Fsp3) is 0.350. The third kappa shape index (κ3) is 4.51. The first-order valence-electron chi connectivity index (χ1n) is 9.21. The van der Waals surface area contributed by atoms with Crippen molar-refractivity contribution in [2.75, 3.05) is 12.4 Å². The van der Waals surface area contributed by atoms with Crippen molar-refractivity contribution in [2.45, 2.75) is 35.4 Å². The Morgan fingerprint density at radius 2 is 2.03 bits per heavy atom. The zero-order chi connectivity index (χ0) is 23.8. The molecule has 1 aliphatic rings. The lowest BCUT2D eigenvalue weighted by molar-refractivity contribution is -0.155. The maximum atomic E-state index is 14.3. The van der Waals surface area contributed by atoms with E-state index in [1.807, 2.05) is 0 Å². The smallest absolute Gasteiger partial charge is 0.403 e. The monoisotopic (exact) mass is 491 g/mol. The Bertz CT molecular complexity index is 1070. The van der Waals surface area contributed by atoms with Crippen molar-refractivity contribution in [2.24, 2.45) is 5.73 Å². The third-order valence-electron chi connectivity index (χ3n) is 5.18. The molecule has 32 heavy (non-hydrogen) atoms. The minimum Gasteiger partial charge on any atom is -0.493 e. The molecule has 172 valence electrons. The van der Waals surface area contributed by atoms with Crippen LogP contribution in [0.15, 0.2) is 30.5 Å². The average molecular weight is 492 g/mol. The van der Waals surface area contributed by atoms with Crippen LogP contribution in [0.25, 0.3) is 0 Å². The molecule has 12 heteroatoms. The molecular formula is C20H18F5N3O2S2. The van der Waals surface area contributed by atoms with E-state index < -0.39 is 51.8 Å². The molecule has 2 heterocycles. The van der Waals surface area contributed by atoms with E-state index in [0.29, 0.717) is 17.4 Å². The summed E-state index contributed by atoms with van der Waals surface area (Å²) in [6.07, 6.45) is -3.72. The summed E-state index contributed by atoms with van der Waals surface area (Å²) in [7, 11) is 1.11. The molecule has 1 saturated heterocycles. The van der Waals surface area contributed by atoms with E-state index in [2.05, 4.69) is 10.3 Å². The number of amides is 1. The van der Waals surface area contributed by atoms with Crippen LogP contribution in [0.5, 0.6) is 5.75 Å². The van der Waals surface area contributed by atoms with Crippen molar-refractivity contribution >= 4 is 40.6 Å². The van der Waals surface area contributed by atoms with E-state index in [-0.39, 0.29) is 16.2 Å². The summed E-state index contributed by atoms with van der Waals surface area (Å²) in [6, 6.07) is 4.83. The molecule has 0 spiro atoms. The number of rotatable bonds is 5. The fourth-order valence-electron chi connectivity index (χ4n) is 3.53. The van der Waals surface area contributed by atoms with Gasteiger partial charge in [0.25, 0.3) is 5.91 Å². The van der Waals surface area contributed by atoms with Crippen LogP contribution in [0.1, 0.15) is 35.3 Å². The van der Waals surface area contributed by atoms with Crippen LogP contribution in [0, 0.1) is 11.6 Å². The quantitative estimate of drug-likeness (QED) is 0.462. The number of nitrogens with zero attached hydrogens (tertiary/aromatic N) is 1. The summed E-state index contributed by atoms with van der Waals surface area (Å²) in [4.78, 5) is 15.2. The van der Waals surface area contributed by atoms with Crippen LogP contribution in [0.3, 0.4) is 0 Å². The van der Waals surface area contributed by atoms with Gasteiger partial charge in [0.15, 0.2) is 11.6 Å². The molecule has 3 atom stereocenters. The van der Waals surface area contributed by atoms with Crippen LogP contribution in [0.4, 0.5) is 27.6 Å². The molecule has 3 rings (SSSR count). The summed E-state index contributed by atoms with van der Waals surface area (Å²) in [6.45, 7) is 1.04. The van der Waals surface area contributed by atoms with Crippen molar-refractivity contribution in [1.29, 1.82) is 0 Å². The average Bonchev–Trinajstić information content (AvgIpc) is 3.09. The van der Waals surface area contributed by atoms with Gasteiger partial charge in [-0.2, -0.15) is 17.6 Å². The first-order valence-corrected chi connectivity index (χ1v) is 10.5. The SMILES string of the molecule is COc1c([C@@H]2C[C@](C)(C(F)(F)F)S[C@H]2C(=S)Nc2ccnc(C(N)=O)c2)ccc(F)c1F. The van der Waals surface area contributed by atoms with Gasteiger partial charge < -0.3 is 15.8 Å². The number of aromatic nitrogens is 1. The molecule has 1 aliphatic heterocycles. The number of hydrogen-bond donors (Lipinski definition) is 2.